The first-order valence-electron chi connectivity index (χ1n) is 17.6. The van der Waals surface area contributed by atoms with Gasteiger partial charge < -0.3 is 50.0 Å². The Morgan fingerprint density at radius 2 is 1.76 bits per heavy atom. The summed E-state index contributed by atoms with van der Waals surface area (Å²) in [7, 11) is 0. The van der Waals surface area contributed by atoms with Crippen molar-refractivity contribution in [2.24, 2.45) is 29.1 Å². The average Bonchev–Trinajstić information content (AvgIpc) is 3.50. The van der Waals surface area contributed by atoms with Gasteiger partial charge in [0.25, 0.3) is 0 Å². The van der Waals surface area contributed by atoms with Crippen molar-refractivity contribution in [2.75, 3.05) is 26.4 Å². The van der Waals surface area contributed by atoms with Gasteiger partial charge in [-0.15, -0.1) is 0 Å². The third-order valence-electron chi connectivity index (χ3n) is 12.1. The van der Waals surface area contributed by atoms with E-state index in [0.29, 0.717) is 37.5 Å². The van der Waals surface area contributed by atoms with Crippen LogP contribution in [0.4, 0.5) is 0 Å². The zero-order chi connectivity index (χ0) is 35.2. The van der Waals surface area contributed by atoms with Crippen molar-refractivity contribution in [3.05, 3.63) is 34.9 Å². The van der Waals surface area contributed by atoms with Crippen LogP contribution in [0, 0.1) is 36.0 Å². The average molecular weight is 687 g/mol. The van der Waals surface area contributed by atoms with Gasteiger partial charge in [0.15, 0.2) is 5.78 Å². The van der Waals surface area contributed by atoms with E-state index in [4.69, 9.17) is 14.2 Å². The molecule has 0 amide bonds. The number of hydrogen-bond acceptors (Lipinski definition) is 11. The minimum absolute atomic E-state index is 0.00839. The summed E-state index contributed by atoms with van der Waals surface area (Å²) < 4.78 is 17.9. The summed E-state index contributed by atoms with van der Waals surface area (Å²) in [6.45, 7) is 3.47. The van der Waals surface area contributed by atoms with Crippen molar-refractivity contribution in [1.82, 2.24) is 0 Å². The van der Waals surface area contributed by atoms with Crippen LogP contribution >= 0.6 is 0 Å². The van der Waals surface area contributed by atoms with Crippen LogP contribution in [-0.2, 0) is 9.47 Å². The second kappa shape index (κ2) is 14.1. The van der Waals surface area contributed by atoms with E-state index in [1.54, 1.807) is 13.0 Å². The lowest BCUT2D eigenvalue weighted by Gasteiger charge is -2.53. The number of ketones is 1. The summed E-state index contributed by atoms with van der Waals surface area (Å²) in [5.74, 6) is -1.42. The molecule has 2 saturated heterocycles. The van der Waals surface area contributed by atoms with Gasteiger partial charge in [0.2, 0.25) is 6.29 Å². The van der Waals surface area contributed by atoms with Crippen LogP contribution in [0.15, 0.2) is 18.2 Å². The summed E-state index contributed by atoms with van der Waals surface area (Å²) >= 11 is 0. The molecule has 0 bridgehead atoms. The van der Waals surface area contributed by atoms with Crippen molar-refractivity contribution in [3.8, 4) is 11.5 Å². The zero-order valence-corrected chi connectivity index (χ0v) is 28.2. The number of carboxylic acid groups (broad SMARTS) is 1. The molecule has 4 fully saturated rings. The van der Waals surface area contributed by atoms with Crippen LogP contribution in [0.1, 0.15) is 91.0 Å². The normalized spacial score (nSPS) is 34.2. The maximum absolute atomic E-state index is 12.4. The topological polar surface area (TPSA) is 203 Å². The van der Waals surface area contributed by atoms with Crippen LogP contribution in [0.5, 0.6) is 11.5 Å². The molecule has 2 aromatic rings. The lowest BCUT2D eigenvalue weighted by molar-refractivity contribution is -0.315. The van der Waals surface area contributed by atoms with Crippen molar-refractivity contribution >= 4 is 22.5 Å². The first-order chi connectivity index (χ1) is 23.3. The third kappa shape index (κ3) is 6.57. The molecular weight excluding hydrogens is 636 g/mol. The lowest BCUT2D eigenvalue weighted by atomic mass is 9.55. The highest BCUT2D eigenvalue weighted by molar-refractivity contribution is 6.08. The number of aromatic hydroxyl groups is 1. The number of aromatic carboxylic acids is 1. The number of aryl methyl sites for hydroxylation is 1. The van der Waals surface area contributed by atoms with E-state index >= 15 is 0 Å². The summed E-state index contributed by atoms with van der Waals surface area (Å²) in [6, 6.07) is 3.98. The number of phenolic OH excluding ortho intramolecular Hbond substituents is 1. The number of aliphatic hydroxyl groups is 5. The molecule has 12 nitrogen and oxygen atoms in total. The Morgan fingerprint density at radius 1 is 1.02 bits per heavy atom. The maximum atomic E-state index is 12.4. The lowest BCUT2D eigenvalue weighted by Crippen LogP contribution is -2.68. The predicted molar refractivity (Wildman–Crippen MR) is 177 cm³/mol. The maximum Gasteiger partial charge on any atom is 0.335 e. The van der Waals surface area contributed by atoms with Gasteiger partial charge >= 0.3 is 5.97 Å². The molecule has 9 atom stereocenters. The van der Waals surface area contributed by atoms with Crippen molar-refractivity contribution < 1.29 is 59.5 Å². The zero-order valence-electron chi connectivity index (χ0n) is 28.2. The number of aliphatic hydroxyl groups excluding tert-OH is 4. The summed E-state index contributed by atoms with van der Waals surface area (Å²) in [5, 5.41) is 76.3. The molecule has 2 heterocycles. The van der Waals surface area contributed by atoms with Gasteiger partial charge in [-0.1, -0.05) is 18.9 Å². The summed E-state index contributed by atoms with van der Waals surface area (Å²) in [6.07, 6.45) is 1.16. The number of hydrogen-bond donors (Lipinski definition) is 7. The standard InChI is InChI=1S/C37H50O12/c1-19-11-23-12-24(34(44)45)13-26(30(23)31(41)28(19)20(2)40)48-35-32(42)33(43)37(46,27(16-39)49-35)9-5-21-14-36(7-3-4-8-36)15-25-18-47-17-22(6-10-38)29(21)25/h11-13,21-22,25,27,29,32-33,35,38-39,41-43,46H,3-10,14-18H2,1-2H3,(H,44,45). The molecule has 270 valence electrons. The monoisotopic (exact) mass is 686 g/mol. The van der Waals surface area contributed by atoms with Crippen molar-refractivity contribution in [1.29, 1.82) is 0 Å². The highest BCUT2D eigenvalue weighted by Gasteiger charge is 2.57. The predicted octanol–water partition coefficient (Wildman–Crippen LogP) is 3.32. The summed E-state index contributed by atoms with van der Waals surface area (Å²) in [5.41, 5.74) is -1.60. The first-order valence-corrected chi connectivity index (χ1v) is 17.6. The highest BCUT2D eigenvalue weighted by atomic mass is 16.7. The molecule has 4 aliphatic rings. The van der Waals surface area contributed by atoms with Gasteiger partial charge in [-0.3, -0.25) is 4.79 Å². The minimum atomic E-state index is -2.05. The Bertz CT molecular complexity index is 1550. The number of carboxylic acids is 1. The number of carbonyl (C=O) groups excluding carboxylic acids is 1. The molecule has 7 N–H and O–H groups in total. The summed E-state index contributed by atoms with van der Waals surface area (Å²) in [4.78, 5) is 24.4. The fourth-order valence-corrected chi connectivity index (χ4v) is 9.97. The second-order valence-corrected chi connectivity index (χ2v) is 15.1. The molecule has 2 aromatic carbocycles. The SMILES string of the molecule is CC(=O)c1c(C)cc2cc(C(=O)O)cc(OC3OC(CO)C(O)(CCC4CC5(CCCC5)CC5COCC(CCO)C45)C(O)C3O)c2c1O. The van der Waals surface area contributed by atoms with E-state index in [2.05, 4.69) is 0 Å². The molecule has 1 spiro atoms. The highest BCUT2D eigenvalue weighted by Crippen LogP contribution is 2.58. The van der Waals surface area contributed by atoms with E-state index in [9.17, 15) is 45.3 Å². The van der Waals surface area contributed by atoms with Crippen LogP contribution in [0.25, 0.3) is 10.8 Å². The van der Waals surface area contributed by atoms with Crippen LogP contribution in [0.2, 0.25) is 0 Å². The largest absolute Gasteiger partial charge is 0.506 e. The molecule has 2 aliphatic carbocycles. The van der Waals surface area contributed by atoms with E-state index in [0.717, 1.165) is 31.7 Å². The number of phenols is 1. The number of benzene rings is 2. The van der Waals surface area contributed by atoms with E-state index in [1.807, 2.05) is 0 Å². The van der Waals surface area contributed by atoms with E-state index in [1.165, 1.54) is 25.8 Å². The molecule has 12 heteroatoms. The molecule has 2 saturated carbocycles. The molecule has 9 unspecified atom stereocenters. The number of ether oxygens (including phenoxy) is 3. The van der Waals surface area contributed by atoms with Crippen LogP contribution < -0.4 is 4.74 Å². The Morgan fingerprint density at radius 3 is 2.41 bits per heavy atom. The fourth-order valence-electron chi connectivity index (χ4n) is 9.97. The number of fused-ring (bicyclic) bond motifs is 2. The van der Waals surface area contributed by atoms with Gasteiger partial charge in [-0.05, 0) is 111 Å². The molecule has 2 aliphatic heterocycles. The van der Waals surface area contributed by atoms with Gasteiger partial charge in [0.1, 0.15) is 35.4 Å². The van der Waals surface area contributed by atoms with Crippen molar-refractivity contribution in [3.63, 3.8) is 0 Å². The number of Topliss-reactive ketones (excluding diaryl/α,β-unsaturated/α-hetero) is 1. The van der Waals surface area contributed by atoms with E-state index in [-0.39, 0.29) is 63.8 Å². The first kappa shape index (κ1) is 36.0. The van der Waals surface area contributed by atoms with Gasteiger partial charge in [0, 0.05) is 19.8 Å². The molecule has 0 radical (unpaired) electrons. The molecule has 49 heavy (non-hydrogen) atoms. The minimum Gasteiger partial charge on any atom is -0.506 e. The van der Waals surface area contributed by atoms with Gasteiger partial charge in [-0.25, -0.2) is 4.79 Å². The molecular formula is C37H50O12. The van der Waals surface area contributed by atoms with Gasteiger partial charge in [-0.2, -0.15) is 0 Å². The fraction of sp³-hybridized carbons (Fsp3) is 0.676. The van der Waals surface area contributed by atoms with Crippen LogP contribution in [-0.4, -0.2) is 104 Å². The molecule has 0 aromatic heterocycles. The van der Waals surface area contributed by atoms with Crippen LogP contribution in [0.3, 0.4) is 0 Å². The number of rotatable bonds is 10. The number of carbonyl (C=O) groups is 2. The van der Waals surface area contributed by atoms with Crippen molar-refractivity contribution in [2.45, 2.75) is 102 Å². The Hall–Kier alpha value is -2.84. The quantitative estimate of drug-likeness (QED) is 0.180. The Balaban J connectivity index is 1.27. The van der Waals surface area contributed by atoms with E-state index < -0.39 is 54.3 Å². The second-order valence-electron chi connectivity index (χ2n) is 15.1. The van der Waals surface area contributed by atoms with Gasteiger partial charge in [0.05, 0.1) is 23.1 Å². The Labute approximate surface area is 285 Å². The smallest absolute Gasteiger partial charge is 0.335 e. The Kier molecular flexibility index (Phi) is 10.3. The molecule has 6 rings (SSSR count). The third-order valence-corrected chi connectivity index (χ3v) is 12.1.